The molecule has 176 valence electrons. The first-order valence-corrected chi connectivity index (χ1v) is 12.8. The van der Waals surface area contributed by atoms with Crippen LogP contribution in [0, 0.1) is 6.92 Å². The van der Waals surface area contributed by atoms with Crippen LogP contribution >= 0.6 is 7.60 Å². The summed E-state index contributed by atoms with van der Waals surface area (Å²) in [5, 5.41) is 5.00. The van der Waals surface area contributed by atoms with Gasteiger partial charge in [0.15, 0.2) is 5.78 Å². The van der Waals surface area contributed by atoms with Gasteiger partial charge >= 0.3 is 7.60 Å². The van der Waals surface area contributed by atoms with Crippen molar-refractivity contribution < 1.29 is 23.1 Å². The average Bonchev–Trinajstić information content (AvgIpc) is 2.82. The number of hydrogen-bond acceptors (Lipinski definition) is 5. The van der Waals surface area contributed by atoms with Crippen LogP contribution in [-0.4, -0.2) is 26.2 Å². The fraction of sp³-hybridized carbons (Fsp3) is 0.346. The number of carbonyl (C=O) groups excluding carboxylic acids is 1. The minimum atomic E-state index is -3.65. The molecule has 1 N–H and O–H groups in total. The summed E-state index contributed by atoms with van der Waals surface area (Å²) in [5.74, 6) is -0.850. The quantitative estimate of drug-likeness (QED) is 0.351. The van der Waals surface area contributed by atoms with Crippen LogP contribution in [0.2, 0.25) is 0 Å². The van der Waals surface area contributed by atoms with Crippen LogP contribution < -0.4 is 10.1 Å². The summed E-state index contributed by atoms with van der Waals surface area (Å²) in [4.78, 5) is 13.3. The molecule has 3 aromatic carbocycles. The van der Waals surface area contributed by atoms with Crippen molar-refractivity contribution in [3.63, 3.8) is 0 Å². The van der Waals surface area contributed by atoms with Gasteiger partial charge in [-0.3, -0.25) is 9.36 Å². The zero-order chi connectivity index (χ0) is 24.0. The van der Waals surface area contributed by atoms with E-state index in [9.17, 15) is 9.36 Å². The van der Waals surface area contributed by atoms with Gasteiger partial charge in [0.05, 0.1) is 26.2 Å². The van der Waals surface area contributed by atoms with Crippen LogP contribution in [0.4, 0.5) is 0 Å². The molecule has 0 radical (unpaired) electrons. The number of hydrogen-bond donors (Lipinski definition) is 1. The van der Waals surface area contributed by atoms with Crippen molar-refractivity contribution in [1.82, 2.24) is 5.32 Å². The standard InChI is InChI=1S/C26H32NO5P/c1-6-31-33(29,32-7-2)26(20-10-8-18(3)9-11-20)27-25(28)19(4)21-12-13-23-17-24(30-5)15-14-22(23)16-21/h8-17,19,26H,6-7H2,1-5H3,(H,27,28)/t19-,26-/m1/s1. The fourth-order valence-corrected chi connectivity index (χ4v) is 5.60. The Kier molecular flexibility index (Phi) is 8.30. The highest BCUT2D eigenvalue weighted by Gasteiger charge is 2.39. The molecule has 33 heavy (non-hydrogen) atoms. The number of rotatable bonds is 10. The number of carbonyl (C=O) groups is 1. The first-order valence-electron chi connectivity index (χ1n) is 11.1. The lowest BCUT2D eigenvalue weighted by Crippen LogP contribution is -2.33. The Morgan fingerprint density at radius 3 is 2.09 bits per heavy atom. The second kappa shape index (κ2) is 11.0. The summed E-state index contributed by atoms with van der Waals surface area (Å²) in [6.07, 6.45) is 0. The summed E-state index contributed by atoms with van der Waals surface area (Å²) in [6.45, 7) is 7.73. The second-order valence-corrected chi connectivity index (χ2v) is 10.0. The smallest absolute Gasteiger partial charge is 0.357 e. The molecule has 0 spiro atoms. The van der Waals surface area contributed by atoms with Crippen LogP contribution in [0.5, 0.6) is 5.75 Å². The zero-order valence-electron chi connectivity index (χ0n) is 19.8. The number of methoxy groups -OCH3 is 1. The molecule has 0 fully saturated rings. The molecule has 1 amide bonds. The molecule has 0 aliphatic rings. The van der Waals surface area contributed by atoms with Crippen molar-refractivity contribution in [3.8, 4) is 5.75 Å². The lowest BCUT2D eigenvalue weighted by atomic mass is 9.97. The van der Waals surface area contributed by atoms with E-state index in [4.69, 9.17) is 13.8 Å². The van der Waals surface area contributed by atoms with Crippen LogP contribution in [0.3, 0.4) is 0 Å². The third kappa shape index (κ3) is 5.83. The van der Waals surface area contributed by atoms with E-state index in [0.29, 0.717) is 5.56 Å². The Bertz CT molecular complexity index is 1140. The predicted molar refractivity (Wildman–Crippen MR) is 132 cm³/mol. The predicted octanol–water partition coefficient (Wildman–Crippen LogP) is 6.34. The molecule has 7 heteroatoms. The highest BCUT2D eigenvalue weighted by molar-refractivity contribution is 7.54. The normalized spacial score (nSPS) is 13.5. The molecule has 3 rings (SSSR count). The van der Waals surface area contributed by atoms with E-state index in [1.165, 1.54) is 0 Å². The molecular formula is C26H32NO5P. The number of benzene rings is 3. The van der Waals surface area contributed by atoms with Gasteiger partial charge in [0.2, 0.25) is 5.91 Å². The van der Waals surface area contributed by atoms with E-state index >= 15 is 0 Å². The van der Waals surface area contributed by atoms with Gasteiger partial charge in [-0.25, -0.2) is 0 Å². The van der Waals surface area contributed by atoms with Crippen molar-refractivity contribution >= 4 is 24.3 Å². The molecule has 0 saturated heterocycles. The highest BCUT2D eigenvalue weighted by Crippen LogP contribution is 2.59. The molecule has 0 saturated carbocycles. The first-order chi connectivity index (χ1) is 15.8. The van der Waals surface area contributed by atoms with Crippen LogP contribution in [0.1, 0.15) is 49.2 Å². The van der Waals surface area contributed by atoms with Crippen molar-refractivity contribution in [2.75, 3.05) is 20.3 Å². The van der Waals surface area contributed by atoms with Gasteiger partial charge in [-0.1, -0.05) is 54.1 Å². The molecule has 2 atom stereocenters. The van der Waals surface area contributed by atoms with Gasteiger partial charge in [-0.15, -0.1) is 0 Å². The summed E-state index contributed by atoms with van der Waals surface area (Å²) < 4.78 is 30.1. The van der Waals surface area contributed by atoms with Gasteiger partial charge in [-0.2, -0.15) is 0 Å². The SMILES string of the molecule is CCOP(=O)(OCC)[C@@H](NC(=O)[C@H](C)c1ccc2cc(OC)ccc2c1)c1ccc(C)cc1. The summed E-state index contributed by atoms with van der Waals surface area (Å²) in [6, 6.07) is 19.2. The molecule has 6 nitrogen and oxygen atoms in total. The second-order valence-electron chi connectivity index (χ2n) is 7.89. The van der Waals surface area contributed by atoms with E-state index in [1.54, 1.807) is 21.0 Å². The molecule has 0 aliphatic carbocycles. The Hall–Kier alpha value is -2.66. The monoisotopic (exact) mass is 469 g/mol. The van der Waals surface area contributed by atoms with Gasteiger partial charge in [-0.05, 0) is 61.7 Å². The minimum absolute atomic E-state index is 0.208. The maximum absolute atomic E-state index is 13.7. The molecule has 0 aromatic heterocycles. The van der Waals surface area contributed by atoms with Crippen LogP contribution in [0.15, 0.2) is 60.7 Å². The highest BCUT2D eigenvalue weighted by atomic mass is 31.2. The van der Waals surface area contributed by atoms with E-state index < -0.39 is 19.3 Å². The first kappa shape index (κ1) is 25.0. The Labute approximate surface area is 195 Å². The maximum atomic E-state index is 13.7. The average molecular weight is 470 g/mol. The molecule has 0 heterocycles. The van der Waals surface area contributed by atoms with Crippen molar-refractivity contribution in [1.29, 1.82) is 0 Å². The van der Waals surface area contributed by atoms with Gasteiger partial charge < -0.3 is 19.1 Å². The molecule has 3 aromatic rings. The number of amides is 1. The molecule has 0 aliphatic heterocycles. The van der Waals surface area contributed by atoms with E-state index in [2.05, 4.69) is 5.32 Å². The molecule has 0 bridgehead atoms. The van der Waals surface area contributed by atoms with E-state index in [1.807, 2.05) is 74.5 Å². The third-order valence-electron chi connectivity index (χ3n) is 5.57. The number of fused-ring (bicyclic) bond motifs is 1. The van der Waals surface area contributed by atoms with E-state index in [-0.39, 0.29) is 19.1 Å². The summed E-state index contributed by atoms with van der Waals surface area (Å²) >= 11 is 0. The molecular weight excluding hydrogens is 437 g/mol. The lowest BCUT2D eigenvalue weighted by Gasteiger charge is -2.28. The Balaban J connectivity index is 1.91. The van der Waals surface area contributed by atoms with Gasteiger partial charge in [0, 0.05) is 0 Å². The number of ether oxygens (including phenoxy) is 1. The largest absolute Gasteiger partial charge is 0.497 e. The summed E-state index contributed by atoms with van der Waals surface area (Å²) in [7, 11) is -2.01. The third-order valence-corrected chi connectivity index (χ3v) is 7.87. The summed E-state index contributed by atoms with van der Waals surface area (Å²) in [5.41, 5.74) is 2.60. The molecule has 0 unspecified atom stereocenters. The van der Waals surface area contributed by atoms with Crippen molar-refractivity contribution in [3.05, 3.63) is 77.4 Å². The Morgan fingerprint density at radius 2 is 1.48 bits per heavy atom. The van der Waals surface area contributed by atoms with E-state index in [0.717, 1.165) is 27.6 Å². The Morgan fingerprint density at radius 1 is 0.909 bits per heavy atom. The number of aryl methyl sites for hydroxylation is 1. The van der Waals surface area contributed by atoms with Crippen LogP contribution in [-0.2, 0) is 18.4 Å². The zero-order valence-corrected chi connectivity index (χ0v) is 20.7. The maximum Gasteiger partial charge on any atom is 0.357 e. The topological polar surface area (TPSA) is 73.9 Å². The minimum Gasteiger partial charge on any atom is -0.497 e. The lowest BCUT2D eigenvalue weighted by molar-refractivity contribution is -0.122. The van der Waals surface area contributed by atoms with Crippen molar-refractivity contribution in [2.24, 2.45) is 0 Å². The van der Waals surface area contributed by atoms with Gasteiger partial charge in [0.1, 0.15) is 5.75 Å². The number of nitrogens with one attached hydrogen (secondary N) is 1. The van der Waals surface area contributed by atoms with Crippen molar-refractivity contribution in [2.45, 2.75) is 39.4 Å². The van der Waals surface area contributed by atoms with Crippen LogP contribution in [0.25, 0.3) is 10.8 Å². The fourth-order valence-electron chi connectivity index (χ4n) is 3.69. The van der Waals surface area contributed by atoms with Gasteiger partial charge in [0.25, 0.3) is 0 Å².